The number of benzene rings is 3. The van der Waals surface area contributed by atoms with E-state index in [9.17, 15) is 4.39 Å². The van der Waals surface area contributed by atoms with Gasteiger partial charge in [-0.2, -0.15) is 0 Å². The number of para-hydroxylation sites is 1. The van der Waals surface area contributed by atoms with Crippen molar-refractivity contribution in [2.24, 2.45) is 5.41 Å². The minimum Gasteiger partial charge on any atom is -0.454 e. The van der Waals surface area contributed by atoms with Gasteiger partial charge in [0.05, 0.1) is 13.2 Å². The van der Waals surface area contributed by atoms with Crippen molar-refractivity contribution >= 4 is 17.7 Å². The molecule has 0 fully saturated rings. The molecule has 0 radical (unpaired) electrons. The molecule has 0 aliphatic heterocycles. The summed E-state index contributed by atoms with van der Waals surface area (Å²) in [6.45, 7) is 5.12. The molecule has 0 atom stereocenters. The van der Waals surface area contributed by atoms with Crippen LogP contribution in [0.4, 0.5) is 4.39 Å². The molecule has 29 heavy (non-hydrogen) atoms. The van der Waals surface area contributed by atoms with Crippen LogP contribution in [-0.4, -0.2) is 6.61 Å². The molecular formula is C25H24ClFO2. The van der Waals surface area contributed by atoms with Gasteiger partial charge in [0, 0.05) is 10.4 Å². The van der Waals surface area contributed by atoms with Gasteiger partial charge in [0.15, 0.2) is 11.6 Å². The Morgan fingerprint density at radius 2 is 1.69 bits per heavy atom. The molecule has 0 amide bonds. The Morgan fingerprint density at radius 3 is 2.41 bits per heavy atom. The Morgan fingerprint density at radius 1 is 0.966 bits per heavy atom. The minimum absolute atomic E-state index is 0.150. The molecule has 0 spiro atoms. The Kier molecular flexibility index (Phi) is 7.08. The van der Waals surface area contributed by atoms with Crippen LogP contribution in [-0.2, 0) is 11.3 Å². The molecule has 3 aromatic carbocycles. The third-order valence-corrected chi connectivity index (χ3v) is 4.56. The van der Waals surface area contributed by atoms with E-state index in [0.717, 1.165) is 16.1 Å². The summed E-state index contributed by atoms with van der Waals surface area (Å²) in [5.41, 5.74) is 1.79. The molecule has 150 valence electrons. The monoisotopic (exact) mass is 410 g/mol. The summed E-state index contributed by atoms with van der Waals surface area (Å²) in [7, 11) is 0. The number of hydrogen-bond donors (Lipinski definition) is 0. The van der Waals surface area contributed by atoms with E-state index in [0.29, 0.717) is 19.0 Å². The topological polar surface area (TPSA) is 18.5 Å². The lowest BCUT2D eigenvalue weighted by Crippen LogP contribution is -2.16. The van der Waals surface area contributed by atoms with Gasteiger partial charge in [0.2, 0.25) is 0 Å². The van der Waals surface area contributed by atoms with E-state index in [-0.39, 0.29) is 11.2 Å². The molecule has 0 bridgehead atoms. The van der Waals surface area contributed by atoms with E-state index in [1.165, 1.54) is 6.07 Å². The number of ether oxygens (including phenoxy) is 2. The summed E-state index contributed by atoms with van der Waals surface area (Å²) in [5.74, 6) is 0.390. The smallest absolute Gasteiger partial charge is 0.165 e. The maximum atomic E-state index is 14.1. The van der Waals surface area contributed by atoms with Gasteiger partial charge in [0.1, 0.15) is 5.75 Å². The molecule has 0 N–H and O–H groups in total. The van der Waals surface area contributed by atoms with Crippen LogP contribution in [0.25, 0.3) is 6.08 Å². The van der Waals surface area contributed by atoms with Crippen molar-refractivity contribution in [3.8, 4) is 11.5 Å². The number of hydrogen-bond acceptors (Lipinski definition) is 2. The summed E-state index contributed by atoms with van der Waals surface area (Å²) in [6, 6.07) is 21.6. The van der Waals surface area contributed by atoms with Gasteiger partial charge in [-0.25, -0.2) is 4.39 Å². The second-order valence-corrected chi connectivity index (χ2v) is 7.98. The first-order chi connectivity index (χ1) is 13.9. The van der Waals surface area contributed by atoms with Gasteiger partial charge < -0.3 is 9.47 Å². The predicted octanol–water partition coefficient (Wildman–Crippen LogP) is 7.53. The highest BCUT2D eigenvalue weighted by Gasteiger charge is 2.14. The minimum atomic E-state index is -0.399. The summed E-state index contributed by atoms with van der Waals surface area (Å²) in [5, 5.41) is 0.722. The Balaban J connectivity index is 1.56. The third kappa shape index (κ3) is 6.74. The summed E-state index contributed by atoms with van der Waals surface area (Å²) in [4.78, 5) is 0. The molecule has 3 rings (SSSR count). The van der Waals surface area contributed by atoms with Gasteiger partial charge in [-0.3, -0.25) is 0 Å². The van der Waals surface area contributed by atoms with E-state index >= 15 is 0 Å². The second kappa shape index (κ2) is 9.73. The number of halogens is 2. The van der Waals surface area contributed by atoms with E-state index in [4.69, 9.17) is 21.1 Å². The molecule has 0 heterocycles. The Bertz CT molecular complexity index is 950. The zero-order chi connectivity index (χ0) is 20.7. The normalized spacial score (nSPS) is 11.7. The zero-order valence-corrected chi connectivity index (χ0v) is 17.3. The van der Waals surface area contributed by atoms with Gasteiger partial charge in [0.25, 0.3) is 0 Å². The van der Waals surface area contributed by atoms with Crippen LogP contribution < -0.4 is 4.74 Å². The van der Waals surface area contributed by atoms with Crippen molar-refractivity contribution in [3.63, 3.8) is 0 Å². The largest absolute Gasteiger partial charge is 0.454 e. The average Bonchev–Trinajstić information content (AvgIpc) is 2.71. The van der Waals surface area contributed by atoms with Crippen molar-refractivity contribution in [1.29, 1.82) is 0 Å². The highest BCUT2D eigenvalue weighted by molar-refractivity contribution is 6.30. The number of rotatable bonds is 8. The summed E-state index contributed by atoms with van der Waals surface area (Å²) >= 11 is 5.92. The van der Waals surface area contributed by atoms with Crippen LogP contribution in [0.2, 0.25) is 5.02 Å². The maximum Gasteiger partial charge on any atom is 0.165 e. The molecule has 0 unspecified atom stereocenters. The van der Waals surface area contributed by atoms with Gasteiger partial charge in [-0.05, 0) is 47.5 Å². The molecule has 0 aliphatic carbocycles. The van der Waals surface area contributed by atoms with Crippen molar-refractivity contribution in [1.82, 2.24) is 0 Å². The van der Waals surface area contributed by atoms with Crippen molar-refractivity contribution in [2.45, 2.75) is 20.5 Å². The van der Waals surface area contributed by atoms with E-state index in [2.05, 4.69) is 26.0 Å². The van der Waals surface area contributed by atoms with Gasteiger partial charge in [-0.1, -0.05) is 74.0 Å². The van der Waals surface area contributed by atoms with Crippen molar-refractivity contribution in [3.05, 3.63) is 101 Å². The summed E-state index contributed by atoms with van der Waals surface area (Å²) in [6.07, 6.45) is 4.17. The summed E-state index contributed by atoms with van der Waals surface area (Å²) < 4.78 is 25.6. The van der Waals surface area contributed by atoms with E-state index in [1.807, 2.05) is 42.5 Å². The van der Waals surface area contributed by atoms with Gasteiger partial charge in [-0.15, -0.1) is 0 Å². The lowest BCUT2D eigenvalue weighted by molar-refractivity contribution is 0.0719. The van der Waals surface area contributed by atoms with Crippen LogP contribution in [0.15, 0.2) is 78.9 Å². The van der Waals surface area contributed by atoms with E-state index in [1.54, 1.807) is 24.3 Å². The first-order valence-corrected chi connectivity index (χ1v) is 9.83. The first kappa shape index (κ1) is 21.1. The van der Waals surface area contributed by atoms with Gasteiger partial charge >= 0.3 is 0 Å². The second-order valence-electron chi connectivity index (χ2n) is 7.55. The molecule has 0 saturated heterocycles. The third-order valence-electron chi connectivity index (χ3n) is 4.31. The van der Waals surface area contributed by atoms with Crippen molar-refractivity contribution < 1.29 is 13.9 Å². The molecule has 0 aromatic heterocycles. The first-order valence-electron chi connectivity index (χ1n) is 9.45. The lowest BCUT2D eigenvalue weighted by Gasteiger charge is -2.20. The van der Waals surface area contributed by atoms with Crippen LogP contribution in [0.5, 0.6) is 11.5 Å². The SMILES string of the molecule is CC(C)(C=Cc1ccc(Cl)cc1)COCc1ccc(F)c(Oc2ccccc2)c1. The quantitative estimate of drug-likeness (QED) is 0.382. The van der Waals surface area contributed by atoms with Crippen LogP contribution >= 0.6 is 11.6 Å². The van der Waals surface area contributed by atoms with Crippen LogP contribution in [0.1, 0.15) is 25.0 Å². The molecule has 0 aliphatic rings. The molecule has 0 saturated carbocycles. The molecule has 3 aromatic rings. The standard InChI is InChI=1S/C25H24ClFO2/c1-25(2,15-14-19-8-11-21(26)12-9-19)18-28-17-20-10-13-23(27)24(16-20)29-22-6-4-3-5-7-22/h3-16H,17-18H2,1-2H3. The predicted molar refractivity (Wildman–Crippen MR) is 117 cm³/mol. The van der Waals surface area contributed by atoms with Crippen LogP contribution in [0, 0.1) is 11.2 Å². The van der Waals surface area contributed by atoms with Crippen LogP contribution in [0.3, 0.4) is 0 Å². The molecule has 2 nitrogen and oxygen atoms in total. The van der Waals surface area contributed by atoms with Crippen molar-refractivity contribution in [2.75, 3.05) is 6.61 Å². The molecule has 4 heteroatoms. The van der Waals surface area contributed by atoms with E-state index < -0.39 is 5.82 Å². The Labute approximate surface area is 176 Å². The maximum absolute atomic E-state index is 14.1. The highest BCUT2D eigenvalue weighted by atomic mass is 35.5. The average molecular weight is 411 g/mol. The Hall–Kier alpha value is -2.62. The fraction of sp³-hybridized carbons (Fsp3) is 0.200. The zero-order valence-electron chi connectivity index (χ0n) is 16.6. The molecular weight excluding hydrogens is 387 g/mol. The highest BCUT2D eigenvalue weighted by Crippen LogP contribution is 2.26. The fourth-order valence-corrected chi connectivity index (χ4v) is 2.83. The lowest BCUT2D eigenvalue weighted by atomic mass is 9.93. The fourth-order valence-electron chi connectivity index (χ4n) is 2.71.